The van der Waals surface area contributed by atoms with E-state index < -0.39 is 11.9 Å². The number of hydrogen-bond donors (Lipinski definition) is 3. The molecule has 1 aliphatic heterocycles. The molecule has 5 heterocycles. The molecule has 4 aromatic rings. The first-order valence-corrected chi connectivity index (χ1v) is 12.0. The van der Waals surface area contributed by atoms with Crippen molar-refractivity contribution in [1.29, 1.82) is 0 Å². The number of nitrogens with zero attached hydrogens (tertiary/aromatic N) is 7. The van der Waals surface area contributed by atoms with Crippen molar-refractivity contribution in [2.24, 2.45) is 0 Å². The number of aromatic nitrogens is 6. The van der Waals surface area contributed by atoms with Gasteiger partial charge in [0.05, 0.1) is 25.5 Å². The summed E-state index contributed by atoms with van der Waals surface area (Å²) < 4.78 is 7.74. The molecular formula is C24H24N10O4. The summed E-state index contributed by atoms with van der Waals surface area (Å²) in [4.78, 5) is 44.7. The third-order valence-corrected chi connectivity index (χ3v) is 6.51. The first-order valence-electron chi connectivity index (χ1n) is 12.0. The fourth-order valence-corrected chi connectivity index (χ4v) is 4.33. The van der Waals surface area contributed by atoms with Crippen LogP contribution < -0.4 is 26.2 Å². The van der Waals surface area contributed by atoms with Crippen LogP contribution in [0.4, 0.5) is 17.2 Å². The quantitative estimate of drug-likeness (QED) is 0.282. The van der Waals surface area contributed by atoms with Gasteiger partial charge >= 0.3 is 0 Å². The smallest absolute Gasteiger partial charge is 0.280 e. The number of amides is 2. The van der Waals surface area contributed by atoms with Crippen molar-refractivity contribution in [3.05, 3.63) is 58.8 Å². The van der Waals surface area contributed by atoms with Gasteiger partial charge in [0.1, 0.15) is 11.7 Å². The summed E-state index contributed by atoms with van der Waals surface area (Å²) >= 11 is 0. The number of methoxy groups -OCH3 is 1. The van der Waals surface area contributed by atoms with Crippen molar-refractivity contribution >= 4 is 34.7 Å². The zero-order valence-corrected chi connectivity index (χ0v) is 20.6. The van der Waals surface area contributed by atoms with Crippen LogP contribution in [0.15, 0.2) is 47.5 Å². The number of imidazole rings is 1. The number of hydrogen-bond acceptors (Lipinski definition) is 10. The van der Waals surface area contributed by atoms with Gasteiger partial charge in [-0.15, -0.1) is 15.3 Å². The Balaban J connectivity index is 1.28. The number of carbonyl (C=O) groups excluding carboxylic acids is 2. The predicted molar refractivity (Wildman–Crippen MR) is 136 cm³/mol. The number of anilines is 3. The lowest BCUT2D eigenvalue weighted by atomic mass is 10.1. The molecule has 0 aromatic carbocycles. The van der Waals surface area contributed by atoms with Gasteiger partial charge in [-0.3, -0.25) is 19.0 Å². The minimum atomic E-state index is -0.553. The van der Waals surface area contributed by atoms with E-state index >= 15 is 0 Å². The second-order valence-corrected chi connectivity index (χ2v) is 8.98. The standard InChI is InChI=1S/C24H24N10O4/c1-25-15-10-18(27-14-4-3-9-32(23(14)36)19-7-8-20(38-2)30-29-19)31-34-17(11-26-21(15)34)22(35)28-16-12-33(24(16)37)13-5-6-13/h3-4,7-11,13,16,25H,5-6,12H2,1-2H3,(H,27,31)(H,28,35)/t16-/m1/s1. The molecule has 2 amide bonds. The van der Waals surface area contributed by atoms with Crippen molar-refractivity contribution < 1.29 is 14.3 Å². The monoisotopic (exact) mass is 516 g/mol. The van der Waals surface area contributed by atoms with E-state index in [1.165, 1.54) is 22.4 Å². The lowest BCUT2D eigenvalue weighted by Crippen LogP contribution is -2.64. The van der Waals surface area contributed by atoms with Crippen LogP contribution in [0.25, 0.3) is 11.5 Å². The molecule has 0 spiro atoms. The zero-order chi connectivity index (χ0) is 26.4. The van der Waals surface area contributed by atoms with Gasteiger partial charge in [0.2, 0.25) is 11.8 Å². The normalized spacial score (nSPS) is 16.7. The first kappa shape index (κ1) is 23.4. The van der Waals surface area contributed by atoms with Crippen LogP contribution in [0, 0.1) is 0 Å². The maximum atomic E-state index is 13.2. The highest BCUT2D eigenvalue weighted by Crippen LogP contribution is 2.31. The molecule has 2 fully saturated rings. The van der Waals surface area contributed by atoms with Gasteiger partial charge in [0, 0.05) is 31.4 Å². The van der Waals surface area contributed by atoms with Crippen LogP contribution >= 0.6 is 0 Å². The Bertz CT molecular complexity index is 1610. The van der Waals surface area contributed by atoms with Gasteiger partial charge in [-0.1, -0.05) is 0 Å². The summed E-state index contributed by atoms with van der Waals surface area (Å²) in [7, 11) is 3.19. The lowest BCUT2D eigenvalue weighted by Gasteiger charge is -2.38. The zero-order valence-electron chi connectivity index (χ0n) is 20.6. The van der Waals surface area contributed by atoms with Gasteiger partial charge in [-0.2, -0.15) is 0 Å². The molecule has 2 aliphatic rings. The van der Waals surface area contributed by atoms with Crippen molar-refractivity contribution in [1.82, 2.24) is 39.6 Å². The van der Waals surface area contributed by atoms with Gasteiger partial charge in [-0.25, -0.2) is 9.50 Å². The number of ether oxygens (including phenoxy) is 1. The summed E-state index contributed by atoms with van der Waals surface area (Å²) in [5.74, 6) is 0.415. The largest absolute Gasteiger partial charge is 0.480 e. The van der Waals surface area contributed by atoms with Gasteiger partial charge < -0.3 is 25.6 Å². The summed E-state index contributed by atoms with van der Waals surface area (Å²) in [6.45, 7) is 0.507. The maximum Gasteiger partial charge on any atom is 0.280 e. The van der Waals surface area contributed by atoms with Crippen LogP contribution in [0.2, 0.25) is 0 Å². The molecule has 6 rings (SSSR count). The summed E-state index contributed by atoms with van der Waals surface area (Å²) in [6.07, 6.45) is 5.02. The molecule has 38 heavy (non-hydrogen) atoms. The molecule has 4 aromatic heterocycles. The van der Waals surface area contributed by atoms with Crippen molar-refractivity contribution in [2.75, 3.05) is 31.3 Å². The Morgan fingerprint density at radius 3 is 2.66 bits per heavy atom. The Kier molecular flexibility index (Phi) is 5.62. The van der Waals surface area contributed by atoms with Crippen LogP contribution in [-0.4, -0.2) is 78.9 Å². The first-order chi connectivity index (χ1) is 18.5. The Morgan fingerprint density at radius 2 is 1.97 bits per heavy atom. The van der Waals surface area contributed by atoms with E-state index in [-0.39, 0.29) is 22.8 Å². The minimum Gasteiger partial charge on any atom is -0.480 e. The van der Waals surface area contributed by atoms with Gasteiger partial charge in [0.25, 0.3) is 11.5 Å². The van der Waals surface area contributed by atoms with E-state index in [1.54, 1.807) is 48.5 Å². The molecular weight excluding hydrogens is 492 g/mol. The summed E-state index contributed by atoms with van der Waals surface area (Å²) in [6, 6.07) is 7.96. The number of fused-ring (bicyclic) bond motifs is 1. The number of likely N-dealkylation sites (tertiary alicyclic amines) is 1. The molecule has 14 nitrogen and oxygen atoms in total. The molecule has 0 unspecified atom stereocenters. The molecule has 14 heteroatoms. The second kappa shape index (κ2) is 9.14. The molecule has 0 radical (unpaired) electrons. The summed E-state index contributed by atoms with van der Waals surface area (Å²) in [5.41, 5.74) is 1.01. The van der Waals surface area contributed by atoms with Crippen LogP contribution in [0.5, 0.6) is 5.88 Å². The van der Waals surface area contributed by atoms with E-state index in [0.717, 1.165) is 12.8 Å². The van der Waals surface area contributed by atoms with Crippen molar-refractivity contribution in [3.63, 3.8) is 0 Å². The molecule has 1 saturated heterocycles. The fourth-order valence-electron chi connectivity index (χ4n) is 4.33. The Hall–Kier alpha value is -5.01. The third kappa shape index (κ3) is 4.05. The number of carbonyl (C=O) groups is 2. The minimum absolute atomic E-state index is 0.0668. The average molecular weight is 517 g/mol. The van der Waals surface area contributed by atoms with E-state index in [2.05, 4.69) is 36.2 Å². The van der Waals surface area contributed by atoms with E-state index in [0.29, 0.717) is 41.4 Å². The maximum absolute atomic E-state index is 13.2. The highest BCUT2D eigenvalue weighted by Gasteiger charge is 2.45. The van der Waals surface area contributed by atoms with Gasteiger partial charge in [0.15, 0.2) is 23.0 Å². The van der Waals surface area contributed by atoms with E-state index in [1.807, 2.05) is 0 Å². The number of rotatable bonds is 8. The third-order valence-electron chi connectivity index (χ3n) is 6.51. The molecule has 0 bridgehead atoms. The van der Waals surface area contributed by atoms with Crippen LogP contribution in [0.3, 0.4) is 0 Å². The van der Waals surface area contributed by atoms with E-state index in [9.17, 15) is 14.4 Å². The Labute approximate surface area is 215 Å². The SMILES string of the molecule is CNc1cc(Nc2cccn(-c3ccc(OC)nn3)c2=O)nn2c(C(=O)N[C@@H]3CN(C4CC4)C3=O)cnc12. The topological polar surface area (TPSA) is 161 Å². The second-order valence-electron chi connectivity index (χ2n) is 8.98. The number of pyridine rings is 1. The molecule has 194 valence electrons. The van der Waals surface area contributed by atoms with Crippen LogP contribution in [0.1, 0.15) is 23.3 Å². The predicted octanol–water partition coefficient (Wildman–Crippen LogP) is 0.567. The molecule has 1 aliphatic carbocycles. The van der Waals surface area contributed by atoms with Crippen molar-refractivity contribution in [2.45, 2.75) is 24.9 Å². The number of nitrogens with one attached hydrogen (secondary N) is 3. The highest BCUT2D eigenvalue weighted by molar-refractivity contribution is 5.99. The molecule has 3 N–H and O–H groups in total. The fraction of sp³-hybridized carbons (Fsp3) is 0.292. The highest BCUT2D eigenvalue weighted by atomic mass is 16.5. The average Bonchev–Trinajstić information content (AvgIpc) is 3.68. The number of β-lactam (4-membered cyclic amide) rings is 1. The van der Waals surface area contributed by atoms with Crippen LogP contribution in [-0.2, 0) is 4.79 Å². The molecule has 1 atom stereocenters. The van der Waals surface area contributed by atoms with E-state index in [4.69, 9.17) is 4.74 Å². The summed E-state index contributed by atoms with van der Waals surface area (Å²) in [5, 5.41) is 21.3. The van der Waals surface area contributed by atoms with Gasteiger partial charge in [-0.05, 0) is 31.0 Å². The van der Waals surface area contributed by atoms with Crippen molar-refractivity contribution in [3.8, 4) is 11.7 Å². The Morgan fingerprint density at radius 1 is 1.13 bits per heavy atom. The molecule has 1 saturated carbocycles. The lowest BCUT2D eigenvalue weighted by molar-refractivity contribution is -0.144.